The van der Waals surface area contributed by atoms with E-state index in [1.54, 1.807) is 29.1 Å². The zero-order valence-corrected chi connectivity index (χ0v) is 15.5. The number of nitrogens with zero attached hydrogens (tertiary/aromatic N) is 1. The molecule has 150 valence electrons. The van der Waals surface area contributed by atoms with Crippen LogP contribution in [0.25, 0.3) is 10.9 Å². The normalized spacial score (nSPS) is 11.2. The monoisotopic (exact) mass is 409 g/mol. The van der Waals surface area contributed by atoms with Crippen molar-refractivity contribution in [3.05, 3.63) is 60.5 Å². The molecule has 0 radical (unpaired) electrons. The van der Waals surface area contributed by atoms with Crippen molar-refractivity contribution in [1.29, 1.82) is 0 Å². The van der Waals surface area contributed by atoms with Crippen LogP contribution in [-0.2, 0) is 26.1 Å². The number of nitrogens with one attached hydrogen (secondary N) is 2. The molecule has 0 saturated carbocycles. The summed E-state index contributed by atoms with van der Waals surface area (Å²) in [5, 5.41) is 3.29. The molecule has 2 N–H and O–H groups in total. The maximum absolute atomic E-state index is 14.0. The van der Waals surface area contributed by atoms with Crippen LogP contribution in [0.2, 0.25) is 0 Å². The molecule has 0 aliphatic heterocycles. The zero-order valence-electron chi connectivity index (χ0n) is 14.7. The third-order valence-electron chi connectivity index (χ3n) is 3.90. The number of sulfonamides is 1. The van der Waals surface area contributed by atoms with Gasteiger partial charge in [-0.1, -0.05) is 12.1 Å². The van der Waals surface area contributed by atoms with E-state index in [1.165, 1.54) is 34.9 Å². The van der Waals surface area contributed by atoms with Crippen LogP contribution in [0, 0.1) is 5.82 Å². The lowest BCUT2D eigenvalue weighted by Gasteiger charge is -2.09. The van der Waals surface area contributed by atoms with E-state index in [4.69, 9.17) is 0 Å². The minimum Gasteiger partial charge on any atom is -0.452 e. The van der Waals surface area contributed by atoms with Crippen LogP contribution in [0.1, 0.15) is 2.85 Å². The molecule has 3 aromatic rings. The smallest absolute Gasteiger partial charge is 0.420 e. The molecular weight excluding hydrogens is 389 g/mol. The number of hydrogen-bond acceptors (Lipinski definition) is 5. The van der Waals surface area contributed by atoms with Crippen LogP contribution in [0.15, 0.2) is 59.6 Å². The van der Waals surface area contributed by atoms with Crippen LogP contribution in [0.4, 0.5) is 14.9 Å². The highest BCUT2D eigenvalue weighted by atomic mass is 32.2. The Morgan fingerprint density at radius 3 is 2.54 bits per heavy atom. The maximum atomic E-state index is 14.0. The van der Waals surface area contributed by atoms with Gasteiger partial charge in [-0.3, -0.25) is 4.79 Å². The van der Waals surface area contributed by atoms with Gasteiger partial charge in [0.05, 0.1) is 17.5 Å². The molecule has 0 atom stereocenters. The molecule has 28 heavy (non-hydrogen) atoms. The Morgan fingerprint density at radius 2 is 1.86 bits per heavy atom. The van der Waals surface area contributed by atoms with Crippen molar-refractivity contribution in [3.63, 3.8) is 0 Å². The van der Waals surface area contributed by atoms with Gasteiger partial charge in [0.25, 0.3) is 10.0 Å². The highest BCUT2D eigenvalue weighted by Gasteiger charge is 2.18. The number of aromatic nitrogens is 1. The lowest BCUT2D eigenvalue weighted by molar-refractivity contribution is -0.116. The van der Waals surface area contributed by atoms with Crippen molar-refractivity contribution in [2.45, 2.75) is 11.4 Å². The van der Waals surface area contributed by atoms with E-state index >= 15 is 0 Å². The number of rotatable bonds is 5. The lowest BCUT2D eigenvalue weighted by Crippen LogP contribution is -2.30. The summed E-state index contributed by atoms with van der Waals surface area (Å²) in [5.41, 5.74) is 0.673. The first-order chi connectivity index (χ1) is 13.3. The number of ether oxygens (including phenoxy) is 1. The van der Waals surface area contributed by atoms with Gasteiger partial charge >= 0.3 is 6.09 Å². The van der Waals surface area contributed by atoms with Gasteiger partial charge in [-0.2, -0.15) is 0 Å². The molecule has 1 aromatic heterocycles. The number of fused-ring (bicyclic) bond motifs is 1. The predicted molar refractivity (Wildman–Crippen MR) is 104 cm³/mol. The molecule has 3 rings (SSSR count). The minimum absolute atomic E-state index is 0. The number of hydrogen-bond donors (Lipinski definition) is 2. The van der Waals surface area contributed by atoms with Gasteiger partial charge in [0.2, 0.25) is 5.91 Å². The molecule has 0 bridgehead atoms. The summed E-state index contributed by atoms with van der Waals surface area (Å²) in [4.78, 5) is 23.2. The number of halogens is 1. The van der Waals surface area contributed by atoms with Gasteiger partial charge in [-0.05, 0) is 36.4 Å². The average Bonchev–Trinajstić information content (AvgIpc) is 3.05. The van der Waals surface area contributed by atoms with Crippen LogP contribution in [0.5, 0.6) is 0 Å². The molecular formula is C18H20FN3O5S. The Kier molecular flexibility index (Phi) is 5.32. The van der Waals surface area contributed by atoms with Crippen LogP contribution < -0.4 is 10.0 Å². The first-order valence-corrected chi connectivity index (χ1v) is 9.52. The van der Waals surface area contributed by atoms with E-state index < -0.39 is 27.8 Å². The Bertz CT molecular complexity index is 1150. The van der Waals surface area contributed by atoms with Crippen molar-refractivity contribution in [3.8, 4) is 0 Å². The summed E-state index contributed by atoms with van der Waals surface area (Å²) in [5.74, 6) is -0.841. The molecule has 0 fully saturated rings. The number of amides is 2. The fourth-order valence-corrected chi connectivity index (χ4v) is 3.54. The van der Waals surface area contributed by atoms with Crippen molar-refractivity contribution in [1.82, 2.24) is 9.29 Å². The largest absolute Gasteiger partial charge is 0.452 e. The SMILES string of the molecule is COC(=O)NS(=O)(=O)c1ccc(NC(=O)Cn2ccc3cccc(F)c32)cc1.[HH].[HH]. The molecule has 0 aliphatic carbocycles. The standard InChI is InChI=1S/C18H16FN3O5S.2H2/c1-27-18(24)21-28(25,26)14-7-5-13(6-8-14)20-16(23)11-22-10-9-12-3-2-4-15(19)17(12)22;;/h2-10H,11H2,1H3,(H,20,23)(H,21,24);2*1H. The Labute approximate surface area is 162 Å². The third kappa shape index (κ3) is 4.12. The highest BCUT2D eigenvalue weighted by Crippen LogP contribution is 2.19. The van der Waals surface area contributed by atoms with Crippen molar-refractivity contribution >= 4 is 38.6 Å². The first-order valence-electron chi connectivity index (χ1n) is 8.04. The van der Waals surface area contributed by atoms with E-state index in [2.05, 4.69) is 10.1 Å². The Hall–Kier alpha value is -3.40. The van der Waals surface area contributed by atoms with Crippen LogP contribution in [-0.4, -0.2) is 32.1 Å². The van der Waals surface area contributed by atoms with Gasteiger partial charge in [0.15, 0.2) is 0 Å². The van der Waals surface area contributed by atoms with Crippen LogP contribution >= 0.6 is 0 Å². The number of benzene rings is 2. The minimum atomic E-state index is -4.07. The maximum Gasteiger partial charge on any atom is 0.420 e. The fourth-order valence-electron chi connectivity index (χ4n) is 2.63. The quantitative estimate of drug-likeness (QED) is 0.674. The van der Waals surface area contributed by atoms with E-state index in [-0.39, 0.29) is 14.3 Å². The second-order valence-corrected chi connectivity index (χ2v) is 7.47. The molecule has 0 aliphatic rings. The Morgan fingerprint density at radius 1 is 1.14 bits per heavy atom. The summed E-state index contributed by atoms with van der Waals surface area (Å²) in [6.07, 6.45) is 0.505. The van der Waals surface area contributed by atoms with Crippen LogP contribution in [0.3, 0.4) is 0 Å². The van der Waals surface area contributed by atoms with E-state index in [0.29, 0.717) is 16.6 Å². The number of methoxy groups -OCH3 is 1. The molecule has 10 heteroatoms. The zero-order chi connectivity index (χ0) is 20.3. The third-order valence-corrected chi connectivity index (χ3v) is 5.23. The van der Waals surface area contributed by atoms with Gasteiger partial charge < -0.3 is 14.6 Å². The highest BCUT2D eigenvalue weighted by molar-refractivity contribution is 7.90. The summed E-state index contributed by atoms with van der Waals surface area (Å²) in [7, 11) is -3.03. The summed E-state index contributed by atoms with van der Waals surface area (Å²) in [6, 6.07) is 11.6. The van der Waals surface area contributed by atoms with Crippen molar-refractivity contribution < 1.29 is 30.0 Å². The molecule has 1 heterocycles. The van der Waals surface area contributed by atoms with Gasteiger partial charge in [-0.25, -0.2) is 22.3 Å². The second kappa shape index (κ2) is 7.69. The van der Waals surface area contributed by atoms with Crippen molar-refractivity contribution in [2.24, 2.45) is 0 Å². The molecule has 0 saturated heterocycles. The number of para-hydroxylation sites is 1. The second-order valence-electron chi connectivity index (χ2n) is 5.79. The van der Waals surface area contributed by atoms with E-state index in [0.717, 1.165) is 7.11 Å². The molecule has 8 nitrogen and oxygen atoms in total. The number of carbonyl (C=O) groups excluding carboxylic acids is 2. The number of anilines is 1. The fraction of sp³-hybridized carbons (Fsp3) is 0.111. The first kappa shape index (κ1) is 19.4. The lowest BCUT2D eigenvalue weighted by atomic mass is 10.2. The Balaban J connectivity index is 0.00000225. The topological polar surface area (TPSA) is 106 Å². The van der Waals surface area contributed by atoms with Gasteiger partial charge in [-0.15, -0.1) is 0 Å². The van der Waals surface area contributed by atoms with Gasteiger partial charge in [0, 0.05) is 20.1 Å². The molecule has 0 spiro atoms. The molecule has 2 aromatic carbocycles. The number of carbonyl (C=O) groups is 2. The summed E-state index contributed by atoms with van der Waals surface area (Å²) >= 11 is 0. The summed E-state index contributed by atoms with van der Waals surface area (Å²) in [6.45, 7) is -0.117. The summed E-state index contributed by atoms with van der Waals surface area (Å²) < 4.78 is 45.4. The van der Waals surface area contributed by atoms with E-state index in [1.807, 2.05) is 0 Å². The molecule has 0 unspecified atom stereocenters. The van der Waals surface area contributed by atoms with Gasteiger partial charge in [0.1, 0.15) is 12.4 Å². The van der Waals surface area contributed by atoms with Crippen molar-refractivity contribution in [2.75, 3.05) is 12.4 Å². The average molecular weight is 409 g/mol. The predicted octanol–water partition coefficient (Wildman–Crippen LogP) is 2.96. The van der Waals surface area contributed by atoms with E-state index in [9.17, 15) is 22.4 Å². The molecule has 2 amide bonds.